The number of hydrogen-bond acceptors (Lipinski definition) is 5. The molecule has 1 aliphatic rings. The Hall–Kier alpha value is -3.59. The van der Waals surface area contributed by atoms with Crippen LogP contribution in [0.3, 0.4) is 0 Å². The molecule has 2 unspecified atom stereocenters. The number of rotatable bonds is 5. The molecule has 166 valence electrons. The van der Waals surface area contributed by atoms with Crippen LogP contribution in [-0.2, 0) is 11.3 Å². The van der Waals surface area contributed by atoms with Crippen LogP contribution in [0.1, 0.15) is 36.0 Å². The van der Waals surface area contributed by atoms with Gasteiger partial charge in [-0.3, -0.25) is 0 Å². The Morgan fingerprint density at radius 1 is 1.12 bits per heavy atom. The van der Waals surface area contributed by atoms with Gasteiger partial charge < -0.3 is 19.0 Å². The lowest BCUT2D eigenvalue weighted by molar-refractivity contribution is -0.0539. The van der Waals surface area contributed by atoms with Crippen molar-refractivity contribution in [1.29, 1.82) is 5.26 Å². The second-order valence-corrected chi connectivity index (χ2v) is 8.52. The summed E-state index contributed by atoms with van der Waals surface area (Å²) in [6.45, 7) is 3.02. The molecule has 0 aliphatic carbocycles. The molecule has 0 spiro atoms. The molecule has 1 N–H and O–H groups in total. The molecule has 0 radical (unpaired) electrons. The highest BCUT2D eigenvalue weighted by Crippen LogP contribution is 2.34. The average molecular weight is 440 g/mol. The first-order valence-electron chi connectivity index (χ1n) is 11.1. The third kappa shape index (κ3) is 4.36. The Kier molecular flexibility index (Phi) is 5.87. The Balaban J connectivity index is 1.39. The van der Waals surface area contributed by atoms with E-state index < -0.39 is 6.10 Å². The van der Waals surface area contributed by atoms with Crippen LogP contribution in [-0.4, -0.2) is 23.9 Å². The molecule has 33 heavy (non-hydrogen) atoms. The first kappa shape index (κ1) is 21.3. The van der Waals surface area contributed by atoms with Crippen LogP contribution in [0.15, 0.2) is 77.6 Å². The largest absolute Gasteiger partial charge is 0.489 e. The molecule has 0 amide bonds. The molecule has 3 atom stereocenters. The fourth-order valence-corrected chi connectivity index (χ4v) is 4.68. The van der Waals surface area contributed by atoms with Gasteiger partial charge in [0.1, 0.15) is 12.4 Å². The normalized spacial score (nSPS) is 20.5. The van der Waals surface area contributed by atoms with E-state index in [1.54, 1.807) is 12.5 Å². The summed E-state index contributed by atoms with van der Waals surface area (Å²) in [4.78, 5) is 0. The number of fused-ring (bicyclic) bond motifs is 1. The Labute approximate surface area is 192 Å². The van der Waals surface area contributed by atoms with Crippen LogP contribution in [0.2, 0.25) is 0 Å². The summed E-state index contributed by atoms with van der Waals surface area (Å²) >= 11 is 0. The smallest absolute Gasteiger partial charge is 0.120 e. The van der Waals surface area contributed by atoms with Gasteiger partial charge in [-0.2, -0.15) is 5.26 Å². The van der Waals surface area contributed by atoms with E-state index in [0.717, 1.165) is 38.8 Å². The van der Waals surface area contributed by atoms with Gasteiger partial charge in [-0.25, -0.2) is 0 Å². The van der Waals surface area contributed by atoms with E-state index in [1.807, 2.05) is 61.5 Å². The van der Waals surface area contributed by atoms with E-state index in [2.05, 4.69) is 12.1 Å². The number of furan rings is 1. The summed E-state index contributed by atoms with van der Waals surface area (Å²) in [6, 6.07) is 22.0. The molecule has 0 bridgehead atoms. The van der Waals surface area contributed by atoms with E-state index in [4.69, 9.17) is 13.9 Å². The SMILES string of the molecule is CC1OCC[C@@H](O)C1c1cccc(COc2ccc3c(-c4ccoc4)cc(C#N)cc3c2)c1. The summed E-state index contributed by atoms with van der Waals surface area (Å²) in [6.07, 6.45) is 3.54. The first-order valence-corrected chi connectivity index (χ1v) is 11.1. The summed E-state index contributed by atoms with van der Waals surface area (Å²) in [5, 5.41) is 21.9. The van der Waals surface area contributed by atoms with Gasteiger partial charge in [0.25, 0.3) is 0 Å². The van der Waals surface area contributed by atoms with Crippen molar-refractivity contribution < 1.29 is 19.0 Å². The molecule has 5 heteroatoms. The van der Waals surface area contributed by atoms with E-state index in [1.165, 1.54) is 0 Å². The molecule has 3 aromatic carbocycles. The predicted octanol–water partition coefficient (Wildman–Crippen LogP) is 5.80. The number of aliphatic hydroxyl groups excluding tert-OH is 1. The summed E-state index contributed by atoms with van der Waals surface area (Å²) in [7, 11) is 0. The Morgan fingerprint density at radius 2 is 2.03 bits per heavy atom. The van der Waals surface area contributed by atoms with E-state index in [9.17, 15) is 10.4 Å². The van der Waals surface area contributed by atoms with Crippen molar-refractivity contribution in [3.8, 4) is 22.9 Å². The lowest BCUT2D eigenvalue weighted by Gasteiger charge is -2.34. The molecule has 2 heterocycles. The predicted molar refractivity (Wildman–Crippen MR) is 126 cm³/mol. The van der Waals surface area contributed by atoms with E-state index >= 15 is 0 Å². The Bertz CT molecular complexity index is 1300. The minimum absolute atomic E-state index is 0.0239. The lowest BCUT2D eigenvalue weighted by Crippen LogP contribution is -2.36. The zero-order chi connectivity index (χ0) is 22.8. The minimum Gasteiger partial charge on any atom is -0.489 e. The summed E-state index contributed by atoms with van der Waals surface area (Å²) < 4.78 is 17.1. The summed E-state index contributed by atoms with van der Waals surface area (Å²) in [5.41, 5.74) is 4.58. The van der Waals surface area contributed by atoms with Crippen LogP contribution >= 0.6 is 0 Å². The maximum absolute atomic E-state index is 10.5. The number of aliphatic hydroxyl groups is 1. The van der Waals surface area contributed by atoms with Gasteiger partial charge in [-0.1, -0.05) is 30.3 Å². The quantitative estimate of drug-likeness (QED) is 0.425. The highest BCUT2D eigenvalue weighted by molar-refractivity contribution is 5.98. The van der Waals surface area contributed by atoms with Gasteiger partial charge >= 0.3 is 0 Å². The van der Waals surface area contributed by atoms with Gasteiger partial charge in [0.2, 0.25) is 0 Å². The maximum Gasteiger partial charge on any atom is 0.120 e. The highest BCUT2D eigenvalue weighted by atomic mass is 16.5. The van der Waals surface area contributed by atoms with Gasteiger partial charge in [0, 0.05) is 18.1 Å². The highest BCUT2D eigenvalue weighted by Gasteiger charge is 2.31. The monoisotopic (exact) mass is 439 g/mol. The van der Waals surface area contributed by atoms with E-state index in [-0.39, 0.29) is 12.0 Å². The molecular formula is C28H25NO4. The number of ether oxygens (including phenoxy) is 2. The van der Waals surface area contributed by atoms with Gasteiger partial charge in [0.15, 0.2) is 0 Å². The number of hydrogen-bond donors (Lipinski definition) is 1. The van der Waals surface area contributed by atoms with Crippen molar-refractivity contribution in [3.63, 3.8) is 0 Å². The Morgan fingerprint density at radius 3 is 2.82 bits per heavy atom. The van der Waals surface area contributed by atoms with Crippen LogP contribution in [0.5, 0.6) is 5.75 Å². The number of nitrogens with zero attached hydrogens (tertiary/aromatic N) is 1. The van der Waals surface area contributed by atoms with Crippen molar-refractivity contribution in [1.82, 2.24) is 0 Å². The van der Waals surface area contributed by atoms with Crippen molar-refractivity contribution in [2.24, 2.45) is 0 Å². The fourth-order valence-electron chi connectivity index (χ4n) is 4.68. The van der Waals surface area contributed by atoms with Gasteiger partial charge in [-0.15, -0.1) is 0 Å². The second-order valence-electron chi connectivity index (χ2n) is 8.52. The molecule has 1 aliphatic heterocycles. The molecule has 5 rings (SSSR count). The molecule has 1 saturated heterocycles. The zero-order valence-corrected chi connectivity index (χ0v) is 18.4. The van der Waals surface area contributed by atoms with Crippen LogP contribution in [0, 0.1) is 11.3 Å². The molecule has 0 saturated carbocycles. The van der Waals surface area contributed by atoms with Gasteiger partial charge in [0.05, 0.1) is 36.4 Å². The standard InChI is InChI=1S/C28H25NO4/c1-18-28(27(30)8-10-32-18)21-4-2-3-19(11-21)16-33-24-5-6-25-23(14-24)12-20(15-29)13-26(25)22-7-9-31-17-22/h2-7,9,11-14,17-18,27-28,30H,8,10,16H2,1H3/t18?,27-,28?/m1/s1. The second kappa shape index (κ2) is 9.11. The fraction of sp³-hybridized carbons (Fsp3) is 0.250. The van der Waals surface area contributed by atoms with E-state index in [0.29, 0.717) is 25.2 Å². The van der Waals surface area contributed by atoms with Crippen LogP contribution < -0.4 is 4.74 Å². The van der Waals surface area contributed by atoms with Crippen molar-refractivity contribution in [2.45, 2.75) is 38.1 Å². The van der Waals surface area contributed by atoms with Crippen molar-refractivity contribution >= 4 is 10.8 Å². The molecular weight excluding hydrogens is 414 g/mol. The van der Waals surface area contributed by atoms with Crippen LogP contribution in [0.4, 0.5) is 0 Å². The first-order chi connectivity index (χ1) is 16.1. The van der Waals surface area contributed by atoms with Crippen LogP contribution in [0.25, 0.3) is 21.9 Å². The third-order valence-corrected chi connectivity index (χ3v) is 6.34. The minimum atomic E-state index is -0.399. The lowest BCUT2D eigenvalue weighted by atomic mass is 9.85. The maximum atomic E-state index is 10.5. The number of nitriles is 1. The molecule has 5 nitrogen and oxygen atoms in total. The third-order valence-electron chi connectivity index (χ3n) is 6.34. The van der Waals surface area contributed by atoms with Crippen molar-refractivity contribution in [2.75, 3.05) is 6.61 Å². The zero-order valence-electron chi connectivity index (χ0n) is 18.4. The summed E-state index contributed by atoms with van der Waals surface area (Å²) in [5.74, 6) is 0.695. The topological polar surface area (TPSA) is 75.6 Å². The van der Waals surface area contributed by atoms with Gasteiger partial charge in [-0.05, 0) is 71.1 Å². The molecule has 1 aromatic heterocycles. The average Bonchev–Trinajstić information content (AvgIpc) is 3.37. The molecule has 4 aromatic rings. The van der Waals surface area contributed by atoms with Crippen molar-refractivity contribution in [3.05, 3.63) is 89.9 Å². The number of benzene rings is 3. The molecule has 1 fully saturated rings.